The molecule has 2 aromatic heterocycles. The molecule has 0 saturated heterocycles. The van der Waals surface area contributed by atoms with Crippen LogP contribution in [-0.4, -0.2) is 34.9 Å². The number of halogens is 2. The number of aromatic nitrogens is 2. The molecule has 0 radical (unpaired) electrons. The summed E-state index contributed by atoms with van der Waals surface area (Å²) in [5.74, 6) is -2.40. The van der Waals surface area contributed by atoms with Crippen molar-refractivity contribution in [2.24, 2.45) is 0 Å². The average Bonchev–Trinajstić information content (AvgIpc) is 3.24. The molecule has 0 aliphatic heterocycles. The van der Waals surface area contributed by atoms with Gasteiger partial charge in [0, 0.05) is 55.3 Å². The smallest absolute Gasteiger partial charge is 0.254 e. The number of hydrogen-bond acceptors (Lipinski definition) is 5. The van der Waals surface area contributed by atoms with E-state index in [2.05, 4.69) is 20.6 Å². The van der Waals surface area contributed by atoms with Crippen LogP contribution < -0.4 is 10.6 Å². The van der Waals surface area contributed by atoms with Crippen LogP contribution in [0.25, 0.3) is 11.3 Å². The molecule has 0 aliphatic rings. The molecule has 0 saturated carbocycles. The minimum atomic E-state index is -0.914. The normalized spacial score (nSPS) is 10.6. The van der Waals surface area contributed by atoms with Gasteiger partial charge < -0.3 is 10.6 Å². The number of amides is 2. The predicted octanol–water partition coefficient (Wildman–Crippen LogP) is 3.74. The predicted molar refractivity (Wildman–Crippen MR) is 115 cm³/mol. The van der Waals surface area contributed by atoms with Crippen LogP contribution in [0.4, 0.5) is 8.78 Å². The van der Waals surface area contributed by atoms with E-state index in [9.17, 15) is 18.4 Å². The van der Waals surface area contributed by atoms with Gasteiger partial charge in [0.15, 0.2) is 0 Å². The summed E-state index contributed by atoms with van der Waals surface area (Å²) in [6.45, 7) is 0.760. The van der Waals surface area contributed by atoms with Gasteiger partial charge in [-0.25, -0.2) is 13.8 Å². The summed E-state index contributed by atoms with van der Waals surface area (Å²) < 4.78 is 26.4. The first kappa shape index (κ1) is 22.5. The largest absolute Gasteiger partial charge is 0.356 e. The van der Waals surface area contributed by atoms with Gasteiger partial charge in [0.25, 0.3) is 5.91 Å². The summed E-state index contributed by atoms with van der Waals surface area (Å²) in [7, 11) is 0. The van der Waals surface area contributed by atoms with E-state index in [-0.39, 0.29) is 24.4 Å². The van der Waals surface area contributed by atoms with E-state index in [1.54, 1.807) is 23.7 Å². The van der Waals surface area contributed by atoms with Crippen molar-refractivity contribution in [1.29, 1.82) is 0 Å². The van der Waals surface area contributed by atoms with Crippen molar-refractivity contribution in [3.8, 4) is 11.3 Å². The number of carbonyl (C=O) groups is 2. The van der Waals surface area contributed by atoms with Crippen LogP contribution in [0.5, 0.6) is 0 Å². The number of pyridine rings is 1. The van der Waals surface area contributed by atoms with Crippen LogP contribution in [-0.2, 0) is 11.2 Å². The van der Waals surface area contributed by atoms with E-state index in [1.165, 1.54) is 0 Å². The third-order valence-electron chi connectivity index (χ3n) is 4.46. The van der Waals surface area contributed by atoms with Crippen molar-refractivity contribution < 1.29 is 18.4 Å². The molecule has 3 rings (SSSR count). The Morgan fingerprint density at radius 3 is 2.55 bits per heavy atom. The van der Waals surface area contributed by atoms with Crippen molar-refractivity contribution in [3.05, 3.63) is 70.3 Å². The Hall–Kier alpha value is -3.20. The van der Waals surface area contributed by atoms with Gasteiger partial charge in [0.2, 0.25) is 5.91 Å². The number of aryl methyl sites for hydroxylation is 1. The second-order valence-corrected chi connectivity index (χ2v) is 7.74. The molecule has 3 aromatic rings. The lowest BCUT2D eigenvalue weighted by atomic mass is 10.2. The molecule has 31 heavy (non-hydrogen) atoms. The zero-order valence-electron chi connectivity index (χ0n) is 16.7. The maximum absolute atomic E-state index is 13.6. The monoisotopic (exact) mass is 444 g/mol. The van der Waals surface area contributed by atoms with E-state index < -0.39 is 17.5 Å². The summed E-state index contributed by atoms with van der Waals surface area (Å²) in [5.41, 5.74) is 1.73. The van der Waals surface area contributed by atoms with Crippen LogP contribution in [0.2, 0.25) is 0 Å². The molecule has 0 atom stereocenters. The molecule has 2 N–H and O–H groups in total. The van der Waals surface area contributed by atoms with E-state index in [0.717, 1.165) is 41.2 Å². The Labute approximate surface area is 182 Å². The van der Waals surface area contributed by atoms with Crippen molar-refractivity contribution in [2.75, 3.05) is 13.1 Å². The Balaban J connectivity index is 1.29. The van der Waals surface area contributed by atoms with Gasteiger partial charge in [-0.05, 0) is 37.1 Å². The average molecular weight is 445 g/mol. The molecule has 0 spiro atoms. The van der Waals surface area contributed by atoms with Crippen LogP contribution in [0, 0.1) is 11.6 Å². The van der Waals surface area contributed by atoms with Crippen molar-refractivity contribution in [1.82, 2.24) is 20.6 Å². The molecular weight excluding hydrogens is 422 g/mol. The Morgan fingerprint density at radius 2 is 1.77 bits per heavy atom. The SMILES string of the molecule is O=C(CCCNC(=O)c1ccc(F)cc1F)NCCCc1nc(-c2ccncc2)cs1. The van der Waals surface area contributed by atoms with Gasteiger partial charge in [-0.2, -0.15) is 0 Å². The van der Waals surface area contributed by atoms with Crippen LogP contribution in [0.3, 0.4) is 0 Å². The lowest BCUT2D eigenvalue weighted by molar-refractivity contribution is -0.121. The molecule has 1 aromatic carbocycles. The third kappa shape index (κ3) is 6.92. The minimum Gasteiger partial charge on any atom is -0.356 e. The number of rotatable bonds is 10. The third-order valence-corrected chi connectivity index (χ3v) is 5.37. The van der Waals surface area contributed by atoms with Gasteiger partial charge in [0.1, 0.15) is 11.6 Å². The zero-order chi connectivity index (χ0) is 22.1. The highest BCUT2D eigenvalue weighted by Crippen LogP contribution is 2.21. The fourth-order valence-electron chi connectivity index (χ4n) is 2.86. The molecule has 162 valence electrons. The number of hydrogen-bond donors (Lipinski definition) is 2. The molecule has 0 bridgehead atoms. The van der Waals surface area contributed by atoms with Gasteiger partial charge in [-0.1, -0.05) is 0 Å². The standard InChI is InChI=1S/C22H22F2N4O2S/c23-16-5-6-17(18(24)13-16)22(30)27-10-1-3-20(29)26-9-2-4-21-28-19(14-31-21)15-7-11-25-12-8-15/h5-8,11-14H,1-4,9-10H2,(H,26,29)(H,27,30). The lowest BCUT2D eigenvalue weighted by Gasteiger charge is -2.07. The first-order valence-corrected chi connectivity index (χ1v) is 10.8. The molecule has 9 heteroatoms. The quantitative estimate of drug-likeness (QED) is 0.467. The Bertz CT molecular complexity index is 1030. The Kier molecular flexibility index (Phi) is 8.17. The highest BCUT2D eigenvalue weighted by molar-refractivity contribution is 7.09. The van der Waals surface area contributed by atoms with Gasteiger partial charge >= 0.3 is 0 Å². The van der Waals surface area contributed by atoms with Crippen molar-refractivity contribution in [3.63, 3.8) is 0 Å². The number of benzene rings is 1. The maximum atomic E-state index is 13.6. The maximum Gasteiger partial charge on any atom is 0.254 e. The van der Waals surface area contributed by atoms with Crippen molar-refractivity contribution in [2.45, 2.75) is 25.7 Å². The molecule has 2 heterocycles. The topological polar surface area (TPSA) is 84.0 Å². The summed E-state index contributed by atoms with van der Waals surface area (Å²) in [6, 6.07) is 6.61. The fraction of sp³-hybridized carbons (Fsp3) is 0.273. The number of nitrogens with one attached hydrogen (secondary N) is 2. The zero-order valence-corrected chi connectivity index (χ0v) is 17.6. The highest BCUT2D eigenvalue weighted by Gasteiger charge is 2.12. The second-order valence-electron chi connectivity index (χ2n) is 6.80. The fourth-order valence-corrected chi connectivity index (χ4v) is 3.71. The molecule has 0 unspecified atom stereocenters. The van der Waals surface area contributed by atoms with E-state index in [4.69, 9.17) is 0 Å². The first-order valence-electron chi connectivity index (χ1n) is 9.87. The Morgan fingerprint density at radius 1 is 1.00 bits per heavy atom. The molecule has 0 fully saturated rings. The molecule has 2 amide bonds. The number of carbonyl (C=O) groups excluding carboxylic acids is 2. The minimum absolute atomic E-state index is 0.112. The summed E-state index contributed by atoms with van der Waals surface area (Å²) >= 11 is 1.59. The van der Waals surface area contributed by atoms with Crippen molar-refractivity contribution >= 4 is 23.2 Å². The molecule has 0 aliphatic carbocycles. The van der Waals surface area contributed by atoms with Crippen LogP contribution in [0.15, 0.2) is 48.1 Å². The van der Waals surface area contributed by atoms with Gasteiger partial charge in [0.05, 0.1) is 16.3 Å². The summed E-state index contributed by atoms with van der Waals surface area (Å²) in [6.07, 6.45) is 5.68. The number of thiazole rings is 1. The highest BCUT2D eigenvalue weighted by atomic mass is 32.1. The molecular formula is C22H22F2N4O2S. The van der Waals surface area contributed by atoms with E-state index >= 15 is 0 Å². The van der Waals surface area contributed by atoms with E-state index in [1.807, 2.05) is 17.5 Å². The lowest BCUT2D eigenvalue weighted by Crippen LogP contribution is -2.28. The number of nitrogens with zero attached hydrogens (tertiary/aromatic N) is 2. The second kappa shape index (κ2) is 11.3. The first-order chi connectivity index (χ1) is 15.0. The van der Waals surface area contributed by atoms with Crippen LogP contribution in [0.1, 0.15) is 34.6 Å². The summed E-state index contributed by atoms with van der Waals surface area (Å²) in [4.78, 5) is 32.4. The van der Waals surface area contributed by atoms with E-state index in [0.29, 0.717) is 19.0 Å². The van der Waals surface area contributed by atoms with Gasteiger partial charge in [-0.15, -0.1) is 11.3 Å². The van der Waals surface area contributed by atoms with Crippen LogP contribution >= 0.6 is 11.3 Å². The molecule has 6 nitrogen and oxygen atoms in total. The van der Waals surface area contributed by atoms with Gasteiger partial charge in [-0.3, -0.25) is 14.6 Å². The summed E-state index contributed by atoms with van der Waals surface area (Å²) in [5, 5.41) is 8.39.